The molecule has 0 aliphatic carbocycles. The van der Waals surface area contributed by atoms with Gasteiger partial charge in [-0.2, -0.15) is 0 Å². The Hall–Kier alpha value is -1.10. The molecule has 1 heterocycles. The fourth-order valence-electron chi connectivity index (χ4n) is 2.97. The lowest BCUT2D eigenvalue weighted by Crippen LogP contribution is -2.53. The smallest absolute Gasteiger partial charge is 0.237 e. The summed E-state index contributed by atoms with van der Waals surface area (Å²) in [5.74, 6) is 0.227. The van der Waals surface area contributed by atoms with Crippen molar-refractivity contribution in [3.63, 3.8) is 0 Å². The van der Waals surface area contributed by atoms with Crippen LogP contribution in [0.5, 0.6) is 0 Å². The standard InChI is InChI=1S/C18H29N3O.ClH/c1-3-14(2)17(19)18(22)20-16-10-7-11-21(13-16)12-15-8-5-4-6-9-15;/h4-6,8-9,14,16-17H,3,7,10-13,19H2,1-2H3,(H,20,22);1H. The van der Waals surface area contributed by atoms with E-state index < -0.39 is 6.04 Å². The number of nitrogens with zero attached hydrogens (tertiary/aromatic N) is 1. The minimum absolute atomic E-state index is 0. The molecule has 0 saturated carbocycles. The molecule has 1 aliphatic rings. The van der Waals surface area contributed by atoms with Gasteiger partial charge in [-0.05, 0) is 30.9 Å². The van der Waals surface area contributed by atoms with Gasteiger partial charge in [0.05, 0.1) is 6.04 Å². The zero-order chi connectivity index (χ0) is 15.9. The molecule has 1 saturated heterocycles. The maximum atomic E-state index is 12.2. The molecule has 1 fully saturated rings. The predicted molar refractivity (Wildman–Crippen MR) is 97.6 cm³/mol. The van der Waals surface area contributed by atoms with E-state index in [1.165, 1.54) is 5.56 Å². The van der Waals surface area contributed by atoms with E-state index in [0.29, 0.717) is 0 Å². The van der Waals surface area contributed by atoms with Crippen molar-refractivity contribution >= 4 is 18.3 Å². The van der Waals surface area contributed by atoms with Gasteiger partial charge in [0, 0.05) is 19.1 Å². The third kappa shape index (κ3) is 6.13. The van der Waals surface area contributed by atoms with Gasteiger partial charge in [0.15, 0.2) is 0 Å². The van der Waals surface area contributed by atoms with E-state index >= 15 is 0 Å². The molecule has 0 spiro atoms. The number of amides is 1. The largest absolute Gasteiger partial charge is 0.351 e. The molecule has 4 nitrogen and oxygen atoms in total. The van der Waals surface area contributed by atoms with Crippen molar-refractivity contribution in [1.29, 1.82) is 0 Å². The molecule has 130 valence electrons. The first kappa shape index (κ1) is 19.9. The summed E-state index contributed by atoms with van der Waals surface area (Å²) in [6.07, 6.45) is 3.10. The van der Waals surface area contributed by atoms with Gasteiger partial charge < -0.3 is 11.1 Å². The van der Waals surface area contributed by atoms with E-state index in [-0.39, 0.29) is 30.3 Å². The van der Waals surface area contributed by atoms with Crippen LogP contribution >= 0.6 is 12.4 Å². The summed E-state index contributed by atoms with van der Waals surface area (Å²) in [5.41, 5.74) is 7.35. The Labute approximate surface area is 146 Å². The van der Waals surface area contributed by atoms with Gasteiger partial charge in [-0.1, -0.05) is 50.6 Å². The number of carbonyl (C=O) groups excluding carboxylic acids is 1. The SMILES string of the molecule is CCC(C)C(N)C(=O)NC1CCCN(Cc2ccccc2)C1.Cl. The topological polar surface area (TPSA) is 58.4 Å². The van der Waals surface area contributed by atoms with Gasteiger partial charge in [-0.25, -0.2) is 0 Å². The first-order chi connectivity index (χ1) is 10.6. The van der Waals surface area contributed by atoms with Crippen molar-refractivity contribution in [2.45, 2.75) is 51.7 Å². The van der Waals surface area contributed by atoms with E-state index in [0.717, 1.165) is 38.9 Å². The normalized spacial score (nSPS) is 21.1. The highest BCUT2D eigenvalue weighted by atomic mass is 35.5. The van der Waals surface area contributed by atoms with E-state index in [1.807, 2.05) is 13.0 Å². The van der Waals surface area contributed by atoms with Crippen LogP contribution in [0.3, 0.4) is 0 Å². The molecule has 23 heavy (non-hydrogen) atoms. The van der Waals surface area contributed by atoms with Crippen LogP contribution < -0.4 is 11.1 Å². The molecule has 5 heteroatoms. The monoisotopic (exact) mass is 339 g/mol. The molecule has 3 unspecified atom stereocenters. The number of rotatable bonds is 6. The maximum absolute atomic E-state index is 12.2. The molecule has 2 rings (SSSR count). The minimum Gasteiger partial charge on any atom is -0.351 e. The van der Waals surface area contributed by atoms with Crippen LogP contribution in [-0.4, -0.2) is 36.0 Å². The third-order valence-corrected chi connectivity index (χ3v) is 4.66. The van der Waals surface area contributed by atoms with Crippen molar-refractivity contribution in [2.75, 3.05) is 13.1 Å². The second-order valence-electron chi connectivity index (χ2n) is 6.48. The Balaban J connectivity index is 0.00000264. The highest BCUT2D eigenvalue weighted by Gasteiger charge is 2.25. The Kier molecular flexibility index (Phi) is 8.59. The summed E-state index contributed by atoms with van der Waals surface area (Å²) in [7, 11) is 0. The van der Waals surface area contributed by atoms with Crippen LogP contribution in [-0.2, 0) is 11.3 Å². The van der Waals surface area contributed by atoms with Crippen LogP contribution in [0.15, 0.2) is 30.3 Å². The predicted octanol–water partition coefficient (Wildman–Crippen LogP) is 2.56. The molecule has 1 aliphatic heterocycles. The van der Waals surface area contributed by atoms with E-state index in [4.69, 9.17) is 5.73 Å². The Morgan fingerprint density at radius 3 is 2.74 bits per heavy atom. The van der Waals surface area contributed by atoms with Crippen LogP contribution in [0.25, 0.3) is 0 Å². The number of piperidine rings is 1. The fraction of sp³-hybridized carbons (Fsp3) is 0.611. The summed E-state index contributed by atoms with van der Waals surface area (Å²) in [4.78, 5) is 14.6. The van der Waals surface area contributed by atoms with Gasteiger partial charge in [0.25, 0.3) is 0 Å². The van der Waals surface area contributed by atoms with Crippen LogP contribution in [0.4, 0.5) is 0 Å². The molecule has 3 atom stereocenters. The Morgan fingerprint density at radius 1 is 1.39 bits per heavy atom. The Bertz CT molecular complexity index is 469. The summed E-state index contributed by atoms with van der Waals surface area (Å²) >= 11 is 0. The summed E-state index contributed by atoms with van der Waals surface area (Å²) in [6.45, 7) is 7.06. The van der Waals surface area contributed by atoms with Crippen LogP contribution in [0, 0.1) is 5.92 Å². The average molecular weight is 340 g/mol. The van der Waals surface area contributed by atoms with Crippen molar-refractivity contribution in [2.24, 2.45) is 11.7 Å². The second kappa shape index (κ2) is 9.91. The number of likely N-dealkylation sites (tertiary alicyclic amines) is 1. The number of hydrogen-bond donors (Lipinski definition) is 2. The molecule has 0 aromatic heterocycles. The molecule has 1 aromatic rings. The number of benzene rings is 1. The van der Waals surface area contributed by atoms with E-state index in [2.05, 4.69) is 41.4 Å². The quantitative estimate of drug-likeness (QED) is 0.837. The molecule has 3 N–H and O–H groups in total. The Morgan fingerprint density at radius 2 is 2.09 bits per heavy atom. The zero-order valence-corrected chi connectivity index (χ0v) is 15.0. The van der Waals surface area contributed by atoms with Gasteiger partial charge in [-0.3, -0.25) is 9.69 Å². The minimum atomic E-state index is -0.394. The number of nitrogens with one attached hydrogen (secondary N) is 1. The third-order valence-electron chi connectivity index (χ3n) is 4.66. The first-order valence-electron chi connectivity index (χ1n) is 8.42. The van der Waals surface area contributed by atoms with Gasteiger partial charge in [-0.15, -0.1) is 12.4 Å². The lowest BCUT2D eigenvalue weighted by Gasteiger charge is -2.34. The van der Waals surface area contributed by atoms with Crippen molar-refractivity contribution in [1.82, 2.24) is 10.2 Å². The highest BCUT2D eigenvalue weighted by molar-refractivity contribution is 5.85. The number of nitrogens with two attached hydrogens (primary N) is 1. The van der Waals surface area contributed by atoms with Gasteiger partial charge in [0.1, 0.15) is 0 Å². The average Bonchev–Trinajstić information content (AvgIpc) is 2.54. The number of carbonyl (C=O) groups is 1. The summed E-state index contributed by atoms with van der Waals surface area (Å²) in [5, 5.41) is 3.14. The lowest BCUT2D eigenvalue weighted by molar-refractivity contribution is -0.124. The molecule has 1 aromatic carbocycles. The molecule has 0 bridgehead atoms. The molecule has 1 amide bonds. The highest BCUT2D eigenvalue weighted by Crippen LogP contribution is 2.14. The first-order valence-corrected chi connectivity index (χ1v) is 8.42. The number of halogens is 1. The van der Waals surface area contributed by atoms with E-state index in [9.17, 15) is 4.79 Å². The van der Waals surface area contributed by atoms with Gasteiger partial charge in [0.2, 0.25) is 5.91 Å². The van der Waals surface area contributed by atoms with Crippen molar-refractivity contribution < 1.29 is 4.79 Å². The molecular weight excluding hydrogens is 310 g/mol. The maximum Gasteiger partial charge on any atom is 0.237 e. The van der Waals surface area contributed by atoms with Crippen LogP contribution in [0.1, 0.15) is 38.7 Å². The van der Waals surface area contributed by atoms with Crippen LogP contribution in [0.2, 0.25) is 0 Å². The fourth-order valence-corrected chi connectivity index (χ4v) is 2.97. The summed E-state index contributed by atoms with van der Waals surface area (Å²) in [6, 6.07) is 10.3. The van der Waals surface area contributed by atoms with Crippen molar-refractivity contribution in [3.8, 4) is 0 Å². The zero-order valence-electron chi connectivity index (χ0n) is 14.2. The lowest BCUT2D eigenvalue weighted by atomic mass is 9.98. The van der Waals surface area contributed by atoms with E-state index in [1.54, 1.807) is 0 Å². The van der Waals surface area contributed by atoms with Gasteiger partial charge >= 0.3 is 0 Å². The summed E-state index contributed by atoms with van der Waals surface area (Å²) < 4.78 is 0. The second-order valence-corrected chi connectivity index (χ2v) is 6.48. The number of hydrogen-bond acceptors (Lipinski definition) is 3. The molecular formula is C18H30ClN3O. The molecule has 0 radical (unpaired) electrons. The van der Waals surface area contributed by atoms with Crippen molar-refractivity contribution in [3.05, 3.63) is 35.9 Å².